The lowest BCUT2D eigenvalue weighted by Gasteiger charge is -2.19. The summed E-state index contributed by atoms with van der Waals surface area (Å²) in [6, 6.07) is 15.5. The molecule has 0 bridgehead atoms. The van der Waals surface area contributed by atoms with E-state index in [1.807, 2.05) is 49.6 Å². The Morgan fingerprint density at radius 2 is 1.88 bits per heavy atom. The van der Waals surface area contributed by atoms with Gasteiger partial charge in [-0.2, -0.15) is 0 Å². The van der Waals surface area contributed by atoms with Gasteiger partial charge in [-0.1, -0.05) is 30.3 Å². The van der Waals surface area contributed by atoms with E-state index < -0.39 is 0 Å². The number of hydrogen-bond donors (Lipinski definition) is 1. The number of nitrogens with one attached hydrogen (secondary N) is 1. The molecule has 0 aliphatic rings. The molecule has 2 aromatic carbocycles. The van der Waals surface area contributed by atoms with Crippen LogP contribution in [0.2, 0.25) is 0 Å². The highest BCUT2D eigenvalue weighted by Crippen LogP contribution is 2.26. The number of aryl methyl sites for hydroxylation is 1. The molecule has 0 aliphatic carbocycles. The third kappa shape index (κ3) is 4.29. The fraction of sp³-hybridized carbons (Fsp3) is 0.190. The van der Waals surface area contributed by atoms with E-state index in [1.54, 1.807) is 23.5 Å². The third-order valence-corrected chi connectivity index (χ3v) is 5.19. The van der Waals surface area contributed by atoms with Crippen LogP contribution in [0.3, 0.4) is 0 Å². The highest BCUT2D eigenvalue weighted by molar-refractivity contribution is 7.10. The maximum absolute atomic E-state index is 13.2. The molecule has 0 aliphatic heterocycles. The van der Waals surface area contributed by atoms with Gasteiger partial charge in [-0.05, 0) is 60.2 Å². The Hall–Kier alpha value is -2.66. The quantitative estimate of drug-likeness (QED) is 0.678. The maximum atomic E-state index is 13.2. The molecule has 0 fully saturated rings. The van der Waals surface area contributed by atoms with Gasteiger partial charge in [-0.15, -0.1) is 11.3 Å². The molecule has 5 heteroatoms. The van der Waals surface area contributed by atoms with Crippen molar-refractivity contribution < 1.29 is 13.9 Å². The molecule has 1 amide bonds. The van der Waals surface area contributed by atoms with E-state index in [-0.39, 0.29) is 24.4 Å². The zero-order valence-electron chi connectivity index (χ0n) is 14.7. The molecule has 1 heterocycles. The van der Waals surface area contributed by atoms with Gasteiger partial charge >= 0.3 is 0 Å². The van der Waals surface area contributed by atoms with Gasteiger partial charge in [-0.3, -0.25) is 4.79 Å². The van der Waals surface area contributed by atoms with Crippen molar-refractivity contribution in [2.24, 2.45) is 0 Å². The van der Waals surface area contributed by atoms with Crippen LogP contribution in [0.15, 0.2) is 60.0 Å². The van der Waals surface area contributed by atoms with Crippen LogP contribution in [0, 0.1) is 19.7 Å². The van der Waals surface area contributed by atoms with Crippen molar-refractivity contribution in [2.45, 2.75) is 19.9 Å². The summed E-state index contributed by atoms with van der Waals surface area (Å²) in [5.41, 5.74) is 2.97. The number of thiophene rings is 1. The molecule has 1 aromatic heterocycles. The normalized spacial score (nSPS) is 11.8. The first kappa shape index (κ1) is 18.1. The number of halogens is 1. The Morgan fingerprint density at radius 3 is 2.58 bits per heavy atom. The molecule has 134 valence electrons. The van der Waals surface area contributed by atoms with Crippen molar-refractivity contribution in [2.75, 3.05) is 6.61 Å². The summed E-state index contributed by atoms with van der Waals surface area (Å²) in [6.45, 7) is 3.90. The number of hydrogen-bond acceptors (Lipinski definition) is 3. The van der Waals surface area contributed by atoms with Gasteiger partial charge in [0.2, 0.25) is 0 Å². The minimum absolute atomic E-state index is 0.0760. The second-order valence-corrected chi connectivity index (χ2v) is 7.03. The number of ether oxygens (including phenoxy) is 1. The molecule has 0 spiro atoms. The predicted octanol–water partition coefficient (Wildman–Crippen LogP) is 4.79. The van der Waals surface area contributed by atoms with Crippen molar-refractivity contribution >= 4 is 17.2 Å². The zero-order valence-corrected chi connectivity index (χ0v) is 15.5. The van der Waals surface area contributed by atoms with Crippen LogP contribution in [-0.4, -0.2) is 12.5 Å². The Morgan fingerprint density at radius 1 is 1.12 bits per heavy atom. The lowest BCUT2D eigenvalue weighted by atomic mass is 10.1. The molecule has 0 unspecified atom stereocenters. The van der Waals surface area contributed by atoms with Crippen molar-refractivity contribution in [3.8, 4) is 5.75 Å². The Kier molecular flexibility index (Phi) is 5.68. The summed E-state index contributed by atoms with van der Waals surface area (Å²) in [5.74, 6) is 0.173. The van der Waals surface area contributed by atoms with Crippen LogP contribution >= 0.6 is 11.3 Å². The van der Waals surface area contributed by atoms with E-state index in [0.29, 0.717) is 5.75 Å². The number of benzene rings is 2. The van der Waals surface area contributed by atoms with Crippen LogP contribution in [0.25, 0.3) is 0 Å². The minimum Gasteiger partial charge on any atom is -0.483 e. The van der Waals surface area contributed by atoms with Gasteiger partial charge < -0.3 is 10.1 Å². The average Bonchev–Trinajstić information content (AvgIpc) is 3.16. The van der Waals surface area contributed by atoms with E-state index in [0.717, 1.165) is 21.6 Å². The van der Waals surface area contributed by atoms with E-state index >= 15 is 0 Å². The summed E-state index contributed by atoms with van der Waals surface area (Å²) in [6.07, 6.45) is 0. The lowest BCUT2D eigenvalue weighted by molar-refractivity contribution is -0.123. The standard InChI is InChI=1S/C21H20FNO2S/c1-14-5-3-6-18(15(14)2)25-13-20(24)23-21(19-7-4-12-26-19)16-8-10-17(22)11-9-16/h3-12,21H,13H2,1-2H3,(H,23,24)/t21-/m0/s1. The van der Waals surface area contributed by atoms with Gasteiger partial charge in [-0.25, -0.2) is 4.39 Å². The fourth-order valence-electron chi connectivity index (χ4n) is 2.66. The predicted molar refractivity (Wildman–Crippen MR) is 102 cm³/mol. The summed E-state index contributed by atoms with van der Waals surface area (Å²) in [5, 5.41) is 4.93. The zero-order chi connectivity index (χ0) is 18.5. The Labute approximate surface area is 156 Å². The van der Waals surface area contributed by atoms with Gasteiger partial charge in [0.05, 0.1) is 6.04 Å². The largest absolute Gasteiger partial charge is 0.483 e. The maximum Gasteiger partial charge on any atom is 0.258 e. The van der Waals surface area contributed by atoms with Crippen molar-refractivity contribution in [3.05, 3.63) is 87.4 Å². The molecule has 1 atom stereocenters. The molecule has 26 heavy (non-hydrogen) atoms. The molecular weight excluding hydrogens is 349 g/mol. The third-order valence-electron chi connectivity index (χ3n) is 4.25. The van der Waals surface area contributed by atoms with Gasteiger partial charge in [0.15, 0.2) is 6.61 Å². The summed E-state index contributed by atoms with van der Waals surface area (Å²) < 4.78 is 18.9. The SMILES string of the molecule is Cc1cccc(OCC(=O)N[C@@H](c2ccc(F)cc2)c2cccs2)c1C. The van der Waals surface area contributed by atoms with E-state index in [2.05, 4.69) is 5.32 Å². The van der Waals surface area contributed by atoms with Crippen LogP contribution in [0.4, 0.5) is 4.39 Å². The number of amides is 1. The number of carbonyl (C=O) groups excluding carboxylic acids is 1. The van der Waals surface area contributed by atoms with Crippen LogP contribution in [-0.2, 0) is 4.79 Å². The topological polar surface area (TPSA) is 38.3 Å². The highest BCUT2D eigenvalue weighted by Gasteiger charge is 2.18. The molecule has 0 saturated carbocycles. The Bertz CT molecular complexity index is 876. The molecule has 3 rings (SSSR count). The van der Waals surface area contributed by atoms with Crippen LogP contribution in [0.5, 0.6) is 5.75 Å². The molecule has 3 aromatic rings. The lowest BCUT2D eigenvalue weighted by Crippen LogP contribution is -2.33. The van der Waals surface area contributed by atoms with E-state index in [1.165, 1.54) is 12.1 Å². The summed E-state index contributed by atoms with van der Waals surface area (Å²) in [4.78, 5) is 13.4. The second-order valence-electron chi connectivity index (χ2n) is 6.05. The van der Waals surface area contributed by atoms with E-state index in [4.69, 9.17) is 4.74 Å². The first-order chi connectivity index (χ1) is 12.5. The smallest absolute Gasteiger partial charge is 0.258 e. The average molecular weight is 369 g/mol. The van der Waals surface area contributed by atoms with Crippen molar-refractivity contribution in [1.82, 2.24) is 5.32 Å². The first-order valence-electron chi connectivity index (χ1n) is 8.32. The Balaban J connectivity index is 1.71. The number of rotatable bonds is 6. The summed E-state index contributed by atoms with van der Waals surface area (Å²) in [7, 11) is 0. The number of carbonyl (C=O) groups is 1. The van der Waals surface area contributed by atoms with Crippen molar-refractivity contribution in [3.63, 3.8) is 0 Å². The van der Waals surface area contributed by atoms with Gasteiger partial charge in [0, 0.05) is 4.88 Å². The van der Waals surface area contributed by atoms with E-state index in [9.17, 15) is 9.18 Å². The molecule has 3 nitrogen and oxygen atoms in total. The molecule has 1 N–H and O–H groups in total. The monoisotopic (exact) mass is 369 g/mol. The minimum atomic E-state index is -0.328. The summed E-state index contributed by atoms with van der Waals surface area (Å²) >= 11 is 1.54. The molecule has 0 saturated heterocycles. The molecule has 0 radical (unpaired) electrons. The first-order valence-corrected chi connectivity index (χ1v) is 9.20. The van der Waals surface area contributed by atoms with Crippen LogP contribution < -0.4 is 10.1 Å². The van der Waals surface area contributed by atoms with Gasteiger partial charge in [0.25, 0.3) is 5.91 Å². The highest BCUT2D eigenvalue weighted by atomic mass is 32.1. The second kappa shape index (κ2) is 8.15. The van der Waals surface area contributed by atoms with Crippen molar-refractivity contribution in [1.29, 1.82) is 0 Å². The van der Waals surface area contributed by atoms with Crippen LogP contribution in [0.1, 0.15) is 27.6 Å². The fourth-order valence-corrected chi connectivity index (χ4v) is 3.46. The molecular formula is C21H20FNO2S. The van der Waals surface area contributed by atoms with Gasteiger partial charge in [0.1, 0.15) is 11.6 Å².